The molecule has 4 aliphatic rings. The summed E-state index contributed by atoms with van der Waals surface area (Å²) < 4.78 is 0. The second-order valence-corrected chi connectivity index (χ2v) is 9.09. The lowest BCUT2D eigenvalue weighted by Crippen LogP contribution is -2.29. The molecule has 2 saturated heterocycles. The molecular weight excluding hydrogens is 306 g/mol. The first-order valence-electron chi connectivity index (χ1n) is 9.24. The molecule has 1 aromatic rings. The first-order chi connectivity index (χ1) is 11.3. The number of hydrogen-bond acceptors (Lipinski definition) is 4. The fourth-order valence-electron chi connectivity index (χ4n) is 5.62. The van der Waals surface area contributed by atoms with Gasteiger partial charge in [0.25, 0.3) is 5.91 Å². The zero-order valence-electron chi connectivity index (χ0n) is 13.6. The fourth-order valence-corrected chi connectivity index (χ4v) is 6.55. The summed E-state index contributed by atoms with van der Waals surface area (Å²) in [6.45, 7) is 5.30. The van der Waals surface area contributed by atoms with Crippen LogP contribution in [0.3, 0.4) is 0 Å². The molecule has 4 nitrogen and oxygen atoms in total. The number of likely N-dealkylation sites (tertiary alicyclic amines) is 2. The molecule has 2 aliphatic carbocycles. The maximum atomic E-state index is 12.8. The SMILES string of the molecule is O=C(c1cnc(CN2CCCC2)s1)N1C[C@@H]2[C@@H]3CC[C@@H](C3)[C@@H]2C1. The van der Waals surface area contributed by atoms with Gasteiger partial charge in [0.05, 0.1) is 12.7 Å². The average molecular weight is 331 g/mol. The van der Waals surface area contributed by atoms with E-state index in [1.165, 1.54) is 45.2 Å². The topological polar surface area (TPSA) is 36.4 Å². The molecular formula is C18H25N3OS. The average Bonchev–Trinajstić information content (AvgIpc) is 3.33. The van der Waals surface area contributed by atoms with E-state index in [-0.39, 0.29) is 5.91 Å². The van der Waals surface area contributed by atoms with Crippen molar-refractivity contribution in [2.24, 2.45) is 23.7 Å². The number of carbonyl (C=O) groups excluding carboxylic acids is 1. The number of carbonyl (C=O) groups is 1. The Morgan fingerprint density at radius 2 is 1.87 bits per heavy atom. The number of amides is 1. The van der Waals surface area contributed by atoms with Crippen molar-refractivity contribution in [2.45, 2.75) is 38.6 Å². The summed E-state index contributed by atoms with van der Waals surface area (Å²) in [4.78, 5) is 22.8. The zero-order chi connectivity index (χ0) is 15.4. The highest BCUT2D eigenvalue weighted by Gasteiger charge is 2.52. The number of nitrogens with zero attached hydrogens (tertiary/aromatic N) is 3. The Morgan fingerprint density at radius 3 is 2.57 bits per heavy atom. The van der Waals surface area contributed by atoms with Crippen molar-refractivity contribution in [1.82, 2.24) is 14.8 Å². The highest BCUT2D eigenvalue weighted by atomic mass is 32.1. The molecule has 0 radical (unpaired) electrons. The van der Waals surface area contributed by atoms with Crippen molar-refractivity contribution in [2.75, 3.05) is 26.2 Å². The van der Waals surface area contributed by atoms with Crippen molar-refractivity contribution in [1.29, 1.82) is 0 Å². The van der Waals surface area contributed by atoms with Gasteiger partial charge in [0.1, 0.15) is 9.88 Å². The van der Waals surface area contributed by atoms with Gasteiger partial charge in [-0.2, -0.15) is 0 Å². The summed E-state index contributed by atoms with van der Waals surface area (Å²) >= 11 is 1.62. The largest absolute Gasteiger partial charge is 0.337 e. The number of fused-ring (bicyclic) bond motifs is 5. The van der Waals surface area contributed by atoms with Crippen LogP contribution in [0.4, 0.5) is 0 Å². The van der Waals surface area contributed by atoms with Crippen LogP contribution >= 0.6 is 11.3 Å². The molecule has 5 heteroatoms. The number of hydrogen-bond donors (Lipinski definition) is 0. The molecule has 23 heavy (non-hydrogen) atoms. The van der Waals surface area contributed by atoms with Crippen LogP contribution in [0.25, 0.3) is 0 Å². The molecule has 1 aromatic heterocycles. The summed E-state index contributed by atoms with van der Waals surface area (Å²) in [6.07, 6.45) is 8.69. The molecule has 0 unspecified atom stereocenters. The minimum absolute atomic E-state index is 0.240. The zero-order valence-corrected chi connectivity index (χ0v) is 14.4. The van der Waals surface area contributed by atoms with Crippen LogP contribution in [0.1, 0.15) is 46.8 Å². The molecule has 124 valence electrons. The van der Waals surface area contributed by atoms with Crippen LogP contribution in [0.2, 0.25) is 0 Å². The van der Waals surface area contributed by atoms with Gasteiger partial charge >= 0.3 is 0 Å². The van der Waals surface area contributed by atoms with Gasteiger partial charge < -0.3 is 4.90 Å². The Labute approximate surface area is 141 Å². The summed E-state index contributed by atoms with van der Waals surface area (Å²) in [7, 11) is 0. The van der Waals surface area contributed by atoms with Crippen molar-refractivity contribution in [3.05, 3.63) is 16.1 Å². The maximum absolute atomic E-state index is 12.8. The Kier molecular flexibility index (Phi) is 3.48. The van der Waals surface area contributed by atoms with Gasteiger partial charge in [-0.25, -0.2) is 4.98 Å². The van der Waals surface area contributed by atoms with Gasteiger partial charge in [-0.1, -0.05) is 0 Å². The van der Waals surface area contributed by atoms with Crippen LogP contribution < -0.4 is 0 Å². The van der Waals surface area contributed by atoms with Crippen LogP contribution in [0, 0.1) is 23.7 Å². The van der Waals surface area contributed by atoms with E-state index in [0.717, 1.165) is 53.2 Å². The molecule has 0 spiro atoms. The second kappa shape index (κ2) is 5.55. The molecule has 0 aromatic carbocycles. The van der Waals surface area contributed by atoms with Gasteiger partial charge in [-0.05, 0) is 68.9 Å². The lowest BCUT2D eigenvalue weighted by molar-refractivity contribution is 0.0781. The highest BCUT2D eigenvalue weighted by Crippen LogP contribution is 2.55. The molecule has 4 atom stereocenters. The van der Waals surface area contributed by atoms with E-state index >= 15 is 0 Å². The van der Waals surface area contributed by atoms with E-state index in [1.807, 2.05) is 6.20 Å². The smallest absolute Gasteiger partial charge is 0.265 e. The van der Waals surface area contributed by atoms with Crippen molar-refractivity contribution >= 4 is 17.2 Å². The Hall–Kier alpha value is -0.940. The van der Waals surface area contributed by atoms with Gasteiger partial charge in [0.2, 0.25) is 0 Å². The molecule has 1 amide bonds. The van der Waals surface area contributed by atoms with Gasteiger partial charge in [-0.15, -0.1) is 11.3 Å². The van der Waals surface area contributed by atoms with E-state index in [1.54, 1.807) is 11.3 Å². The lowest BCUT2D eigenvalue weighted by atomic mass is 9.82. The van der Waals surface area contributed by atoms with Crippen LogP contribution in [-0.4, -0.2) is 46.9 Å². The summed E-state index contributed by atoms with van der Waals surface area (Å²) in [5.41, 5.74) is 0. The Bertz CT molecular complexity index is 591. The monoisotopic (exact) mass is 331 g/mol. The molecule has 3 heterocycles. The number of thiazole rings is 1. The standard InChI is InChI=1S/C18H25N3OS/c22-18(16-8-19-17(23-16)11-20-5-1-2-6-20)21-9-14-12-3-4-13(7-12)15(14)10-21/h8,12-15H,1-7,9-11H2/t12-,13+,14-,15+. The third-order valence-corrected chi connectivity index (χ3v) is 7.72. The molecule has 2 aliphatic heterocycles. The van der Waals surface area contributed by atoms with Crippen molar-refractivity contribution in [3.8, 4) is 0 Å². The van der Waals surface area contributed by atoms with E-state index in [9.17, 15) is 4.79 Å². The first kappa shape index (κ1) is 14.4. The minimum atomic E-state index is 0.240. The number of rotatable bonds is 3. The van der Waals surface area contributed by atoms with Crippen LogP contribution in [0.5, 0.6) is 0 Å². The predicted octanol–water partition coefficient (Wildman–Crippen LogP) is 2.86. The quantitative estimate of drug-likeness (QED) is 0.854. The van der Waals surface area contributed by atoms with Gasteiger partial charge in [-0.3, -0.25) is 9.69 Å². The van der Waals surface area contributed by atoms with Crippen LogP contribution in [-0.2, 0) is 6.54 Å². The normalized spacial score (nSPS) is 36.1. The van der Waals surface area contributed by atoms with E-state index < -0.39 is 0 Å². The Balaban J connectivity index is 1.25. The van der Waals surface area contributed by atoms with Crippen LogP contribution in [0.15, 0.2) is 6.20 Å². The van der Waals surface area contributed by atoms with Crippen molar-refractivity contribution < 1.29 is 4.79 Å². The molecule has 2 saturated carbocycles. The van der Waals surface area contributed by atoms with Gasteiger partial charge in [0, 0.05) is 13.1 Å². The fraction of sp³-hybridized carbons (Fsp3) is 0.778. The lowest BCUT2D eigenvalue weighted by Gasteiger charge is -2.22. The Morgan fingerprint density at radius 1 is 1.17 bits per heavy atom. The van der Waals surface area contributed by atoms with E-state index in [2.05, 4.69) is 14.8 Å². The predicted molar refractivity (Wildman–Crippen MR) is 90.3 cm³/mol. The molecule has 4 fully saturated rings. The second-order valence-electron chi connectivity index (χ2n) is 7.97. The van der Waals surface area contributed by atoms with Gasteiger partial charge in [0.15, 0.2) is 0 Å². The van der Waals surface area contributed by atoms with E-state index in [0.29, 0.717) is 0 Å². The molecule has 5 rings (SSSR count). The summed E-state index contributed by atoms with van der Waals surface area (Å²) in [5.74, 6) is 3.67. The third-order valence-electron chi connectivity index (χ3n) is 6.75. The highest BCUT2D eigenvalue weighted by molar-refractivity contribution is 7.13. The molecule has 2 bridgehead atoms. The third kappa shape index (κ3) is 2.43. The summed E-state index contributed by atoms with van der Waals surface area (Å²) in [5, 5.41) is 1.11. The first-order valence-corrected chi connectivity index (χ1v) is 10.1. The molecule has 0 N–H and O–H groups in total. The maximum Gasteiger partial charge on any atom is 0.265 e. The summed E-state index contributed by atoms with van der Waals surface area (Å²) in [6, 6.07) is 0. The van der Waals surface area contributed by atoms with E-state index in [4.69, 9.17) is 0 Å². The number of aromatic nitrogens is 1. The van der Waals surface area contributed by atoms with Crippen molar-refractivity contribution in [3.63, 3.8) is 0 Å². The minimum Gasteiger partial charge on any atom is -0.337 e.